The molecular formula is C18H16F4N2O5S. The van der Waals surface area contributed by atoms with E-state index in [0.717, 1.165) is 18.2 Å². The molecule has 2 aromatic rings. The Labute approximate surface area is 168 Å². The van der Waals surface area contributed by atoms with Gasteiger partial charge in [-0.15, -0.1) is 0 Å². The van der Waals surface area contributed by atoms with Gasteiger partial charge >= 0.3 is 5.76 Å². The Morgan fingerprint density at radius 3 is 2.33 bits per heavy atom. The van der Waals surface area contributed by atoms with Gasteiger partial charge in [0, 0.05) is 38.1 Å². The molecule has 1 saturated heterocycles. The minimum absolute atomic E-state index is 0.0830. The second kappa shape index (κ2) is 8.46. The number of hydrogen-bond acceptors (Lipinski definition) is 6. The van der Waals surface area contributed by atoms with Gasteiger partial charge in [-0.25, -0.2) is 17.2 Å². The average molecular weight is 448 g/mol. The maximum absolute atomic E-state index is 13.7. The topological polar surface area (TPSA) is 89.8 Å². The molecule has 12 heteroatoms. The molecule has 162 valence electrons. The number of alkyl halides is 2. The third-order valence-electron chi connectivity index (χ3n) is 4.68. The standard InChI is InChI=1S/C18H16F4N2O5S/c19-11-1-4-17(14(20)9-11)29-12-5-7-23(8-6-12)15-3-2-13(10-16(15)24(25)26)30(27,28)18(21)22/h1-4,9-10,12,18H,5-8H2. The summed E-state index contributed by atoms with van der Waals surface area (Å²) in [6, 6.07) is 5.57. The quantitative estimate of drug-likeness (QED) is 0.378. The van der Waals surface area contributed by atoms with Gasteiger partial charge in [-0.05, 0) is 24.3 Å². The molecule has 1 aliphatic heterocycles. The normalized spacial score (nSPS) is 15.4. The van der Waals surface area contributed by atoms with Crippen LogP contribution in [-0.4, -0.2) is 38.3 Å². The molecule has 30 heavy (non-hydrogen) atoms. The minimum Gasteiger partial charge on any atom is -0.487 e. The van der Waals surface area contributed by atoms with Gasteiger partial charge in [0.1, 0.15) is 17.6 Å². The summed E-state index contributed by atoms with van der Waals surface area (Å²) >= 11 is 0. The summed E-state index contributed by atoms with van der Waals surface area (Å²) in [5.41, 5.74) is -0.527. The van der Waals surface area contributed by atoms with Crippen molar-refractivity contribution in [3.63, 3.8) is 0 Å². The van der Waals surface area contributed by atoms with Crippen molar-refractivity contribution in [1.82, 2.24) is 0 Å². The molecule has 0 spiro atoms. The molecule has 1 aliphatic rings. The molecule has 0 aromatic heterocycles. The predicted octanol–water partition coefficient (Wildman–Crippen LogP) is 3.92. The first-order valence-corrected chi connectivity index (χ1v) is 10.3. The molecule has 0 bridgehead atoms. The van der Waals surface area contributed by atoms with E-state index in [0.29, 0.717) is 25.0 Å². The molecule has 0 radical (unpaired) electrons. The fourth-order valence-corrected chi connectivity index (χ4v) is 3.90. The van der Waals surface area contributed by atoms with Gasteiger partial charge in [0.2, 0.25) is 9.84 Å². The van der Waals surface area contributed by atoms with E-state index in [1.54, 1.807) is 4.90 Å². The van der Waals surface area contributed by atoms with Crippen LogP contribution in [0.4, 0.5) is 28.9 Å². The number of benzene rings is 2. The van der Waals surface area contributed by atoms with E-state index in [-0.39, 0.29) is 24.5 Å². The number of nitro groups is 1. The van der Waals surface area contributed by atoms with Crippen molar-refractivity contribution >= 4 is 21.2 Å². The summed E-state index contributed by atoms with van der Waals surface area (Å²) in [5.74, 6) is -5.38. The Kier molecular flexibility index (Phi) is 6.15. The highest BCUT2D eigenvalue weighted by atomic mass is 32.2. The molecule has 2 aromatic carbocycles. The van der Waals surface area contributed by atoms with Gasteiger partial charge in [-0.3, -0.25) is 10.1 Å². The lowest BCUT2D eigenvalue weighted by molar-refractivity contribution is -0.384. The minimum atomic E-state index is -4.97. The Morgan fingerprint density at radius 1 is 1.10 bits per heavy atom. The van der Waals surface area contributed by atoms with E-state index in [1.165, 1.54) is 6.07 Å². The third kappa shape index (κ3) is 4.48. The highest BCUT2D eigenvalue weighted by Crippen LogP contribution is 2.34. The SMILES string of the molecule is O=[N+]([O-])c1cc(S(=O)(=O)C(F)F)ccc1N1CCC(Oc2ccc(F)cc2F)CC1. The largest absolute Gasteiger partial charge is 0.487 e. The zero-order valence-electron chi connectivity index (χ0n) is 15.3. The van der Waals surface area contributed by atoms with Gasteiger partial charge in [0.25, 0.3) is 5.69 Å². The van der Waals surface area contributed by atoms with Crippen LogP contribution in [0.2, 0.25) is 0 Å². The van der Waals surface area contributed by atoms with Crippen molar-refractivity contribution in [2.75, 3.05) is 18.0 Å². The monoisotopic (exact) mass is 448 g/mol. The number of sulfone groups is 1. The summed E-state index contributed by atoms with van der Waals surface area (Å²) in [7, 11) is -4.97. The van der Waals surface area contributed by atoms with Crippen LogP contribution in [0.25, 0.3) is 0 Å². The summed E-state index contributed by atoms with van der Waals surface area (Å²) in [5, 5.41) is 11.4. The average Bonchev–Trinajstić information content (AvgIpc) is 2.70. The Bertz CT molecular complexity index is 1060. The maximum atomic E-state index is 13.7. The van der Waals surface area contributed by atoms with Crippen molar-refractivity contribution in [3.8, 4) is 5.75 Å². The van der Waals surface area contributed by atoms with E-state index in [2.05, 4.69) is 0 Å². The van der Waals surface area contributed by atoms with Crippen LogP contribution < -0.4 is 9.64 Å². The molecular weight excluding hydrogens is 432 g/mol. The van der Waals surface area contributed by atoms with Crippen molar-refractivity contribution in [2.45, 2.75) is 29.6 Å². The van der Waals surface area contributed by atoms with Gasteiger partial charge in [-0.1, -0.05) is 0 Å². The predicted molar refractivity (Wildman–Crippen MR) is 98.5 cm³/mol. The zero-order chi connectivity index (χ0) is 22.1. The first-order valence-electron chi connectivity index (χ1n) is 8.76. The molecule has 7 nitrogen and oxygen atoms in total. The Balaban J connectivity index is 1.75. The van der Waals surface area contributed by atoms with Crippen LogP contribution in [0.3, 0.4) is 0 Å². The van der Waals surface area contributed by atoms with Crippen LogP contribution in [0, 0.1) is 21.7 Å². The maximum Gasteiger partial charge on any atom is 0.341 e. The van der Waals surface area contributed by atoms with E-state index >= 15 is 0 Å². The first kappa shape index (κ1) is 21.8. The Hall–Kier alpha value is -2.89. The van der Waals surface area contributed by atoms with Crippen LogP contribution >= 0.6 is 0 Å². The van der Waals surface area contributed by atoms with E-state index in [9.17, 15) is 36.1 Å². The fourth-order valence-electron chi connectivity index (χ4n) is 3.16. The highest BCUT2D eigenvalue weighted by Gasteiger charge is 2.31. The number of hydrogen-bond donors (Lipinski definition) is 0. The van der Waals surface area contributed by atoms with Crippen LogP contribution in [-0.2, 0) is 9.84 Å². The van der Waals surface area contributed by atoms with Gasteiger partial charge in [-0.2, -0.15) is 8.78 Å². The van der Waals surface area contributed by atoms with Crippen molar-refractivity contribution in [2.24, 2.45) is 0 Å². The zero-order valence-corrected chi connectivity index (χ0v) is 16.1. The third-order valence-corrected chi connectivity index (χ3v) is 6.06. The van der Waals surface area contributed by atoms with Gasteiger partial charge in [0.05, 0.1) is 9.82 Å². The summed E-state index contributed by atoms with van der Waals surface area (Å²) in [6.45, 7) is 0.518. The van der Waals surface area contributed by atoms with Crippen molar-refractivity contribution < 1.29 is 35.6 Å². The van der Waals surface area contributed by atoms with Gasteiger partial charge in [0.15, 0.2) is 11.6 Å². The summed E-state index contributed by atoms with van der Waals surface area (Å²) in [6.07, 6.45) is 0.287. The number of nitro benzene ring substituents is 1. The second-order valence-electron chi connectivity index (χ2n) is 6.59. The molecule has 0 unspecified atom stereocenters. The molecule has 3 rings (SSSR count). The lowest BCUT2D eigenvalue weighted by Gasteiger charge is -2.33. The summed E-state index contributed by atoms with van der Waals surface area (Å²) < 4.78 is 80.9. The second-order valence-corrected chi connectivity index (χ2v) is 8.51. The van der Waals surface area contributed by atoms with E-state index in [4.69, 9.17) is 4.74 Å². The number of ether oxygens (including phenoxy) is 1. The molecule has 0 atom stereocenters. The highest BCUT2D eigenvalue weighted by molar-refractivity contribution is 7.91. The van der Waals surface area contributed by atoms with Crippen molar-refractivity contribution in [1.29, 1.82) is 0 Å². The molecule has 0 amide bonds. The number of halogens is 4. The summed E-state index contributed by atoms with van der Waals surface area (Å²) in [4.78, 5) is 11.3. The number of nitrogens with zero attached hydrogens (tertiary/aromatic N) is 2. The molecule has 1 heterocycles. The number of piperidine rings is 1. The van der Waals surface area contributed by atoms with Crippen molar-refractivity contribution in [3.05, 3.63) is 58.1 Å². The van der Waals surface area contributed by atoms with E-state index < -0.39 is 48.8 Å². The molecule has 0 N–H and O–H groups in total. The molecule has 1 fully saturated rings. The smallest absolute Gasteiger partial charge is 0.341 e. The van der Waals surface area contributed by atoms with E-state index in [1.807, 2.05) is 0 Å². The fraction of sp³-hybridized carbons (Fsp3) is 0.333. The Morgan fingerprint density at radius 2 is 1.77 bits per heavy atom. The van der Waals surface area contributed by atoms with Crippen LogP contribution in [0.5, 0.6) is 5.75 Å². The molecule has 0 aliphatic carbocycles. The molecule has 0 saturated carbocycles. The lowest BCUT2D eigenvalue weighted by atomic mass is 10.1. The lowest BCUT2D eigenvalue weighted by Crippen LogP contribution is -2.38. The van der Waals surface area contributed by atoms with Crippen LogP contribution in [0.1, 0.15) is 12.8 Å². The number of anilines is 1. The first-order chi connectivity index (χ1) is 14.1. The van der Waals surface area contributed by atoms with Gasteiger partial charge < -0.3 is 9.64 Å². The number of rotatable bonds is 6. The van der Waals surface area contributed by atoms with Crippen LogP contribution in [0.15, 0.2) is 41.3 Å².